The van der Waals surface area contributed by atoms with Crippen LogP contribution in [0.25, 0.3) is 10.8 Å². The fourth-order valence-electron chi connectivity index (χ4n) is 2.26. The van der Waals surface area contributed by atoms with E-state index in [0.29, 0.717) is 5.56 Å². The molecule has 0 aliphatic rings. The SMILES string of the molecule is O=C(N/N=C\c1cc(Br)ccc1O)c1cc2ccccc2cc1O. The zero-order valence-electron chi connectivity index (χ0n) is 12.4. The Morgan fingerprint density at radius 3 is 2.46 bits per heavy atom. The predicted octanol–water partition coefficient (Wildman–Crippen LogP) is 3.78. The van der Waals surface area contributed by atoms with E-state index in [1.54, 1.807) is 18.2 Å². The number of benzene rings is 3. The number of phenolic OH excluding ortho intramolecular Hbond substituents is 2. The van der Waals surface area contributed by atoms with Crippen LogP contribution in [-0.2, 0) is 0 Å². The molecule has 3 aromatic rings. The lowest BCUT2D eigenvalue weighted by Crippen LogP contribution is -2.17. The number of amides is 1. The second kappa shape index (κ2) is 6.72. The minimum Gasteiger partial charge on any atom is -0.507 e. The molecule has 0 spiro atoms. The summed E-state index contributed by atoms with van der Waals surface area (Å²) in [5.74, 6) is -0.611. The average molecular weight is 385 g/mol. The van der Waals surface area contributed by atoms with Crippen molar-refractivity contribution in [3.05, 3.63) is 70.2 Å². The number of carbonyl (C=O) groups is 1. The van der Waals surface area contributed by atoms with Crippen LogP contribution in [0, 0.1) is 0 Å². The van der Waals surface area contributed by atoms with Gasteiger partial charge in [-0.3, -0.25) is 4.79 Å². The van der Waals surface area contributed by atoms with Crippen molar-refractivity contribution in [2.24, 2.45) is 5.10 Å². The third kappa shape index (κ3) is 3.38. The zero-order chi connectivity index (χ0) is 17.1. The molecule has 3 rings (SSSR count). The smallest absolute Gasteiger partial charge is 0.275 e. The van der Waals surface area contributed by atoms with E-state index in [4.69, 9.17) is 0 Å². The number of fused-ring (bicyclic) bond motifs is 1. The number of rotatable bonds is 3. The number of halogens is 1. The molecule has 0 bridgehead atoms. The lowest BCUT2D eigenvalue weighted by atomic mass is 10.1. The lowest BCUT2D eigenvalue weighted by molar-refractivity contribution is 0.0952. The molecule has 0 unspecified atom stereocenters. The molecule has 3 aromatic carbocycles. The van der Waals surface area contributed by atoms with Crippen LogP contribution < -0.4 is 5.43 Å². The largest absolute Gasteiger partial charge is 0.507 e. The van der Waals surface area contributed by atoms with Crippen LogP contribution in [0.3, 0.4) is 0 Å². The lowest BCUT2D eigenvalue weighted by Gasteiger charge is -2.06. The van der Waals surface area contributed by atoms with Gasteiger partial charge in [-0.05, 0) is 41.1 Å². The second-order valence-electron chi connectivity index (χ2n) is 5.12. The molecular formula is C18H13BrN2O3. The van der Waals surface area contributed by atoms with Gasteiger partial charge in [0, 0.05) is 10.0 Å². The van der Waals surface area contributed by atoms with Crippen LogP contribution in [0.15, 0.2) is 64.2 Å². The van der Waals surface area contributed by atoms with Gasteiger partial charge in [0.2, 0.25) is 0 Å². The van der Waals surface area contributed by atoms with Crippen LogP contribution in [0.2, 0.25) is 0 Å². The number of hydrogen-bond acceptors (Lipinski definition) is 4. The first-order valence-electron chi connectivity index (χ1n) is 7.08. The molecule has 0 atom stereocenters. The van der Waals surface area contributed by atoms with Crippen molar-refractivity contribution in [1.29, 1.82) is 0 Å². The number of nitrogens with zero attached hydrogens (tertiary/aromatic N) is 1. The van der Waals surface area contributed by atoms with Crippen LogP contribution >= 0.6 is 15.9 Å². The Bertz CT molecular complexity index is 954. The van der Waals surface area contributed by atoms with Crippen molar-refractivity contribution < 1.29 is 15.0 Å². The van der Waals surface area contributed by atoms with E-state index in [0.717, 1.165) is 15.2 Å². The first kappa shape index (κ1) is 16.0. The first-order valence-corrected chi connectivity index (χ1v) is 7.87. The van der Waals surface area contributed by atoms with Gasteiger partial charge in [-0.25, -0.2) is 5.43 Å². The maximum Gasteiger partial charge on any atom is 0.275 e. The molecule has 120 valence electrons. The van der Waals surface area contributed by atoms with Crippen molar-refractivity contribution in [1.82, 2.24) is 5.43 Å². The molecular weight excluding hydrogens is 372 g/mol. The molecule has 0 saturated heterocycles. The van der Waals surface area contributed by atoms with E-state index in [1.165, 1.54) is 18.3 Å². The number of aromatic hydroxyl groups is 2. The predicted molar refractivity (Wildman–Crippen MR) is 96.5 cm³/mol. The van der Waals surface area contributed by atoms with E-state index in [1.807, 2.05) is 24.3 Å². The molecule has 0 aliphatic carbocycles. The van der Waals surface area contributed by atoms with Gasteiger partial charge in [-0.1, -0.05) is 40.2 Å². The van der Waals surface area contributed by atoms with E-state index in [-0.39, 0.29) is 17.1 Å². The summed E-state index contributed by atoms with van der Waals surface area (Å²) in [6, 6.07) is 15.4. The summed E-state index contributed by atoms with van der Waals surface area (Å²) in [6.45, 7) is 0. The maximum absolute atomic E-state index is 12.2. The molecule has 0 aromatic heterocycles. The minimum atomic E-state index is -0.538. The van der Waals surface area contributed by atoms with Gasteiger partial charge >= 0.3 is 0 Å². The standard InChI is InChI=1S/C18H13BrN2O3/c19-14-5-6-16(22)13(7-14)10-20-21-18(24)15-8-11-3-1-2-4-12(11)9-17(15)23/h1-10,22-23H,(H,21,24)/b20-10-. The van der Waals surface area contributed by atoms with E-state index < -0.39 is 5.91 Å². The van der Waals surface area contributed by atoms with E-state index in [2.05, 4.69) is 26.5 Å². The molecule has 3 N–H and O–H groups in total. The summed E-state index contributed by atoms with van der Waals surface area (Å²) < 4.78 is 0.778. The Kier molecular flexibility index (Phi) is 4.48. The van der Waals surface area contributed by atoms with Gasteiger partial charge in [0.1, 0.15) is 11.5 Å². The summed E-state index contributed by atoms with van der Waals surface area (Å²) in [6.07, 6.45) is 1.33. The normalized spacial score (nSPS) is 11.0. The third-order valence-corrected chi connectivity index (χ3v) is 3.96. The maximum atomic E-state index is 12.2. The topological polar surface area (TPSA) is 81.9 Å². The highest BCUT2D eigenvalue weighted by Crippen LogP contribution is 2.25. The number of carbonyl (C=O) groups excluding carboxylic acids is 1. The monoisotopic (exact) mass is 384 g/mol. The molecule has 6 heteroatoms. The zero-order valence-corrected chi connectivity index (χ0v) is 14.0. The summed E-state index contributed by atoms with van der Waals surface area (Å²) in [5.41, 5.74) is 2.92. The second-order valence-corrected chi connectivity index (χ2v) is 6.03. The molecule has 0 heterocycles. The van der Waals surface area contributed by atoms with Gasteiger partial charge < -0.3 is 10.2 Å². The Hall–Kier alpha value is -2.86. The highest BCUT2D eigenvalue weighted by Gasteiger charge is 2.11. The molecule has 0 radical (unpaired) electrons. The third-order valence-electron chi connectivity index (χ3n) is 3.47. The van der Waals surface area contributed by atoms with Crippen molar-refractivity contribution in [3.63, 3.8) is 0 Å². The van der Waals surface area contributed by atoms with Crippen molar-refractivity contribution in [2.45, 2.75) is 0 Å². The minimum absolute atomic E-state index is 0.0461. The number of phenols is 2. The summed E-state index contributed by atoms with van der Waals surface area (Å²) in [5, 5.41) is 25.2. The molecule has 1 amide bonds. The van der Waals surface area contributed by atoms with Crippen molar-refractivity contribution >= 4 is 38.8 Å². The van der Waals surface area contributed by atoms with Crippen molar-refractivity contribution in [3.8, 4) is 11.5 Å². The molecule has 0 aliphatic heterocycles. The molecule has 24 heavy (non-hydrogen) atoms. The molecule has 5 nitrogen and oxygen atoms in total. The Morgan fingerprint density at radius 1 is 1.00 bits per heavy atom. The fourth-order valence-corrected chi connectivity index (χ4v) is 2.64. The van der Waals surface area contributed by atoms with E-state index in [9.17, 15) is 15.0 Å². The summed E-state index contributed by atoms with van der Waals surface area (Å²) in [4.78, 5) is 12.2. The highest BCUT2D eigenvalue weighted by molar-refractivity contribution is 9.10. The average Bonchev–Trinajstić information content (AvgIpc) is 2.57. The number of hydrazone groups is 1. The van der Waals surface area contributed by atoms with Gasteiger partial charge in [-0.2, -0.15) is 5.10 Å². The van der Waals surface area contributed by atoms with Crippen LogP contribution in [0.1, 0.15) is 15.9 Å². The van der Waals surface area contributed by atoms with E-state index >= 15 is 0 Å². The Labute approximate surface area is 146 Å². The van der Waals surface area contributed by atoms with Gasteiger partial charge in [0.05, 0.1) is 11.8 Å². The van der Waals surface area contributed by atoms with Gasteiger partial charge in [0.15, 0.2) is 0 Å². The fraction of sp³-hybridized carbons (Fsp3) is 0. The van der Waals surface area contributed by atoms with Crippen molar-refractivity contribution in [2.75, 3.05) is 0 Å². The number of hydrogen-bond donors (Lipinski definition) is 3. The van der Waals surface area contributed by atoms with Crippen LogP contribution in [0.5, 0.6) is 11.5 Å². The molecule has 0 saturated carbocycles. The number of nitrogens with one attached hydrogen (secondary N) is 1. The van der Waals surface area contributed by atoms with Gasteiger partial charge in [-0.15, -0.1) is 0 Å². The Morgan fingerprint density at radius 2 is 1.71 bits per heavy atom. The first-order chi connectivity index (χ1) is 11.5. The highest BCUT2D eigenvalue weighted by atomic mass is 79.9. The van der Waals surface area contributed by atoms with Gasteiger partial charge in [0.25, 0.3) is 5.91 Å². The summed E-state index contributed by atoms with van der Waals surface area (Å²) in [7, 11) is 0. The quantitative estimate of drug-likeness (QED) is 0.474. The molecule has 0 fully saturated rings. The summed E-state index contributed by atoms with van der Waals surface area (Å²) >= 11 is 3.29. The van der Waals surface area contributed by atoms with Crippen LogP contribution in [0.4, 0.5) is 0 Å². The van der Waals surface area contributed by atoms with Crippen LogP contribution in [-0.4, -0.2) is 22.3 Å². The Balaban J connectivity index is 1.81.